The van der Waals surface area contributed by atoms with Gasteiger partial charge in [0.05, 0.1) is 18.2 Å². The van der Waals surface area contributed by atoms with Gasteiger partial charge in [-0.05, 0) is 29.8 Å². The molecule has 0 aliphatic carbocycles. The summed E-state index contributed by atoms with van der Waals surface area (Å²) in [4.78, 5) is 0. The average Bonchev–Trinajstić information content (AvgIpc) is 2.48. The Morgan fingerprint density at radius 1 is 0.947 bits per heavy atom. The van der Waals surface area contributed by atoms with Gasteiger partial charge in [0.1, 0.15) is 0 Å². The number of rotatable bonds is 3. The van der Waals surface area contributed by atoms with Gasteiger partial charge in [0.15, 0.2) is 0 Å². The van der Waals surface area contributed by atoms with E-state index in [1.807, 2.05) is 48.5 Å². The van der Waals surface area contributed by atoms with Crippen molar-refractivity contribution < 1.29 is 0 Å². The first-order chi connectivity index (χ1) is 9.38. The zero-order chi connectivity index (χ0) is 13.3. The van der Waals surface area contributed by atoms with Crippen LogP contribution >= 0.6 is 0 Å². The van der Waals surface area contributed by atoms with Gasteiger partial charge >= 0.3 is 0 Å². The summed E-state index contributed by atoms with van der Waals surface area (Å²) in [6.07, 6.45) is 0. The highest BCUT2D eigenvalue weighted by molar-refractivity contribution is 5.34. The third-order valence-electron chi connectivity index (χ3n) is 2.61. The van der Waals surface area contributed by atoms with Gasteiger partial charge in [-0.15, -0.1) is 0 Å². The fourth-order valence-electron chi connectivity index (χ4n) is 1.69. The smallest absolute Gasteiger partial charge is 0.0991 e. The number of nitriles is 1. The molecule has 0 fully saturated rings. The molecule has 0 aliphatic heterocycles. The first-order valence-corrected chi connectivity index (χ1v) is 6.12. The Kier molecular flexibility index (Phi) is 4.76. The quantitative estimate of drug-likeness (QED) is 0.667. The van der Waals surface area contributed by atoms with E-state index in [2.05, 4.69) is 23.2 Å². The fourth-order valence-corrected chi connectivity index (χ4v) is 1.69. The van der Waals surface area contributed by atoms with Crippen LogP contribution in [0.15, 0.2) is 54.6 Å². The molecule has 0 radical (unpaired) electrons. The third kappa shape index (κ3) is 4.32. The molecular weight excluding hydrogens is 232 g/mol. The molecule has 0 spiro atoms. The van der Waals surface area contributed by atoms with Crippen LogP contribution in [0.5, 0.6) is 0 Å². The maximum Gasteiger partial charge on any atom is 0.0991 e. The average molecular weight is 246 g/mol. The summed E-state index contributed by atoms with van der Waals surface area (Å²) in [7, 11) is 0. The molecule has 0 saturated heterocycles. The zero-order valence-corrected chi connectivity index (χ0v) is 10.6. The van der Waals surface area contributed by atoms with Crippen molar-refractivity contribution in [1.29, 1.82) is 5.26 Å². The lowest BCUT2D eigenvalue weighted by Gasteiger charge is -2.01. The van der Waals surface area contributed by atoms with Gasteiger partial charge in [-0.2, -0.15) is 5.26 Å². The standard InChI is InChI=1S/C17H14N2/c18-13-16-8-4-9-17(12-16)14-19-11-5-10-15-6-2-1-3-7-15/h1-4,6-9,12,19H,11,14H2. The predicted octanol–water partition coefficient (Wildman–Crippen LogP) is 2.70. The van der Waals surface area contributed by atoms with Crippen LogP contribution in [-0.4, -0.2) is 6.54 Å². The second-order valence-electron chi connectivity index (χ2n) is 4.08. The zero-order valence-electron chi connectivity index (χ0n) is 10.6. The van der Waals surface area contributed by atoms with E-state index >= 15 is 0 Å². The minimum absolute atomic E-state index is 0.631. The monoisotopic (exact) mass is 246 g/mol. The van der Waals surface area contributed by atoms with Crippen LogP contribution in [0.25, 0.3) is 0 Å². The number of hydrogen-bond donors (Lipinski definition) is 1. The van der Waals surface area contributed by atoms with Crippen LogP contribution in [0.2, 0.25) is 0 Å². The van der Waals surface area contributed by atoms with E-state index in [0.29, 0.717) is 12.1 Å². The number of benzene rings is 2. The molecule has 92 valence electrons. The maximum absolute atomic E-state index is 8.80. The minimum atomic E-state index is 0.631. The van der Waals surface area contributed by atoms with Crippen LogP contribution in [0, 0.1) is 23.2 Å². The van der Waals surface area contributed by atoms with Crippen molar-refractivity contribution in [2.24, 2.45) is 0 Å². The van der Waals surface area contributed by atoms with Gasteiger partial charge in [-0.25, -0.2) is 0 Å². The van der Waals surface area contributed by atoms with Crippen molar-refractivity contribution in [1.82, 2.24) is 5.32 Å². The van der Waals surface area contributed by atoms with E-state index in [0.717, 1.165) is 17.7 Å². The number of nitrogens with one attached hydrogen (secondary N) is 1. The molecule has 1 N–H and O–H groups in total. The third-order valence-corrected chi connectivity index (χ3v) is 2.61. The van der Waals surface area contributed by atoms with Crippen LogP contribution in [0.4, 0.5) is 0 Å². The second kappa shape index (κ2) is 7.01. The highest BCUT2D eigenvalue weighted by atomic mass is 14.8. The molecule has 2 aromatic carbocycles. The number of nitrogens with zero attached hydrogens (tertiary/aromatic N) is 1. The SMILES string of the molecule is N#Cc1cccc(CNCC#Cc2ccccc2)c1. The van der Waals surface area contributed by atoms with E-state index in [1.54, 1.807) is 6.07 Å². The predicted molar refractivity (Wildman–Crippen MR) is 76.2 cm³/mol. The molecule has 2 nitrogen and oxygen atoms in total. The van der Waals surface area contributed by atoms with Gasteiger partial charge in [-0.3, -0.25) is 0 Å². The van der Waals surface area contributed by atoms with Crippen molar-refractivity contribution >= 4 is 0 Å². The van der Waals surface area contributed by atoms with Crippen molar-refractivity contribution in [2.75, 3.05) is 6.54 Å². The Hall–Kier alpha value is -2.55. The van der Waals surface area contributed by atoms with Crippen molar-refractivity contribution in [3.05, 3.63) is 71.3 Å². The first kappa shape index (κ1) is 12.9. The molecule has 0 atom stereocenters. The minimum Gasteiger partial charge on any atom is -0.302 e. The summed E-state index contributed by atoms with van der Waals surface area (Å²) >= 11 is 0. The summed E-state index contributed by atoms with van der Waals surface area (Å²) in [6.45, 7) is 1.35. The molecule has 0 aliphatic rings. The van der Waals surface area contributed by atoms with Gasteiger partial charge in [0.25, 0.3) is 0 Å². The maximum atomic E-state index is 8.80. The molecule has 0 bridgehead atoms. The van der Waals surface area contributed by atoms with Crippen LogP contribution in [0.3, 0.4) is 0 Å². The van der Waals surface area contributed by atoms with Crippen molar-refractivity contribution in [2.45, 2.75) is 6.54 Å². The molecule has 0 heterocycles. The summed E-state index contributed by atoms with van der Waals surface area (Å²) in [6, 6.07) is 19.6. The molecule has 0 amide bonds. The number of hydrogen-bond acceptors (Lipinski definition) is 2. The Morgan fingerprint density at radius 2 is 1.74 bits per heavy atom. The van der Waals surface area contributed by atoms with Gasteiger partial charge in [0, 0.05) is 12.1 Å². The lowest BCUT2D eigenvalue weighted by Crippen LogP contribution is -2.13. The Labute approximate surface area is 113 Å². The van der Waals surface area contributed by atoms with E-state index in [1.165, 1.54) is 0 Å². The first-order valence-electron chi connectivity index (χ1n) is 6.12. The van der Waals surface area contributed by atoms with E-state index in [-0.39, 0.29) is 0 Å². The Bertz CT molecular complexity index is 628. The molecular formula is C17H14N2. The van der Waals surface area contributed by atoms with Gasteiger partial charge in [-0.1, -0.05) is 42.2 Å². The summed E-state index contributed by atoms with van der Waals surface area (Å²) in [5, 5.41) is 12.0. The molecule has 2 rings (SSSR count). The normalized spacial score (nSPS) is 9.21. The molecule has 0 saturated carbocycles. The molecule has 0 aromatic heterocycles. The van der Waals surface area contributed by atoms with Crippen molar-refractivity contribution in [3.63, 3.8) is 0 Å². The van der Waals surface area contributed by atoms with E-state index < -0.39 is 0 Å². The summed E-state index contributed by atoms with van der Waals surface area (Å²) in [5.41, 5.74) is 2.81. The lowest BCUT2D eigenvalue weighted by molar-refractivity contribution is 0.770. The van der Waals surface area contributed by atoms with Gasteiger partial charge < -0.3 is 5.32 Å². The van der Waals surface area contributed by atoms with Crippen LogP contribution in [-0.2, 0) is 6.54 Å². The summed E-state index contributed by atoms with van der Waals surface area (Å²) in [5.74, 6) is 6.16. The Balaban J connectivity index is 1.81. The van der Waals surface area contributed by atoms with Crippen molar-refractivity contribution in [3.8, 4) is 17.9 Å². The molecule has 19 heavy (non-hydrogen) atoms. The van der Waals surface area contributed by atoms with Crippen LogP contribution < -0.4 is 5.32 Å². The fraction of sp³-hybridized carbons (Fsp3) is 0.118. The van der Waals surface area contributed by atoms with E-state index in [4.69, 9.17) is 5.26 Å². The highest BCUT2D eigenvalue weighted by Gasteiger charge is 1.93. The largest absolute Gasteiger partial charge is 0.302 e. The Morgan fingerprint density at radius 3 is 2.53 bits per heavy atom. The van der Waals surface area contributed by atoms with Crippen LogP contribution in [0.1, 0.15) is 16.7 Å². The topological polar surface area (TPSA) is 35.8 Å². The van der Waals surface area contributed by atoms with E-state index in [9.17, 15) is 0 Å². The molecule has 2 aromatic rings. The summed E-state index contributed by atoms with van der Waals surface area (Å²) < 4.78 is 0. The highest BCUT2D eigenvalue weighted by Crippen LogP contribution is 2.03. The second-order valence-corrected chi connectivity index (χ2v) is 4.08. The molecule has 2 heteroatoms. The lowest BCUT2D eigenvalue weighted by atomic mass is 10.1. The molecule has 0 unspecified atom stereocenters. The van der Waals surface area contributed by atoms with Gasteiger partial charge in [0.2, 0.25) is 0 Å².